The van der Waals surface area contributed by atoms with Crippen LogP contribution in [0.15, 0.2) is 121 Å². The van der Waals surface area contributed by atoms with Gasteiger partial charge in [-0.1, -0.05) is 109 Å². The molecule has 4 rings (SSSR count). The Hall–Kier alpha value is -3.78. The Labute approximate surface area is 190 Å². The first-order valence-corrected chi connectivity index (χ1v) is 11.0. The molecule has 0 aliphatic rings. The fourth-order valence-electron chi connectivity index (χ4n) is 3.52. The Morgan fingerprint density at radius 1 is 0.438 bits per heavy atom. The van der Waals surface area contributed by atoms with Crippen molar-refractivity contribution in [1.82, 2.24) is 0 Å². The fraction of sp³-hybridized carbons (Fsp3) is 0.133. The van der Waals surface area contributed by atoms with Gasteiger partial charge in [0.2, 0.25) is 0 Å². The van der Waals surface area contributed by atoms with Crippen molar-refractivity contribution in [3.05, 3.63) is 144 Å². The zero-order valence-corrected chi connectivity index (χ0v) is 18.2. The summed E-state index contributed by atoms with van der Waals surface area (Å²) < 4.78 is 12.2. The van der Waals surface area contributed by atoms with E-state index in [0.717, 1.165) is 24.3 Å². The zero-order chi connectivity index (χ0) is 21.8. The molecule has 0 heterocycles. The summed E-state index contributed by atoms with van der Waals surface area (Å²) in [4.78, 5) is 0. The molecule has 0 unspecified atom stereocenters. The summed E-state index contributed by atoms with van der Waals surface area (Å²) in [6.45, 7) is 1.15. The Morgan fingerprint density at radius 2 is 0.812 bits per heavy atom. The molecule has 160 valence electrons. The van der Waals surface area contributed by atoms with E-state index in [4.69, 9.17) is 9.47 Å². The Kier molecular flexibility index (Phi) is 7.76. The second-order valence-electron chi connectivity index (χ2n) is 7.64. The monoisotopic (exact) mass is 420 g/mol. The molecule has 2 heteroatoms. The summed E-state index contributed by atoms with van der Waals surface area (Å²) in [6, 6.07) is 37.0. The van der Waals surface area contributed by atoms with Crippen molar-refractivity contribution in [1.29, 1.82) is 0 Å². The lowest BCUT2D eigenvalue weighted by Crippen LogP contribution is -1.98. The van der Waals surface area contributed by atoms with Gasteiger partial charge in [0.25, 0.3) is 0 Å². The van der Waals surface area contributed by atoms with Gasteiger partial charge in [0.15, 0.2) is 0 Å². The highest BCUT2D eigenvalue weighted by Gasteiger charge is 2.04. The summed E-state index contributed by atoms with van der Waals surface area (Å²) in [6.07, 6.45) is 6.08. The summed E-state index contributed by atoms with van der Waals surface area (Å²) in [7, 11) is 0. The van der Waals surface area contributed by atoms with Crippen LogP contribution < -0.4 is 9.47 Å². The molecule has 4 aromatic carbocycles. The van der Waals surface area contributed by atoms with Crippen LogP contribution in [0.1, 0.15) is 22.3 Å². The van der Waals surface area contributed by atoms with Gasteiger partial charge in [0.05, 0.1) is 0 Å². The summed E-state index contributed by atoms with van der Waals surface area (Å²) in [5, 5.41) is 0. The van der Waals surface area contributed by atoms with Crippen molar-refractivity contribution in [3.63, 3.8) is 0 Å². The Morgan fingerprint density at radius 3 is 1.25 bits per heavy atom. The third-order valence-electron chi connectivity index (χ3n) is 5.26. The van der Waals surface area contributed by atoms with E-state index >= 15 is 0 Å². The highest BCUT2D eigenvalue weighted by atomic mass is 16.5. The molecule has 0 bridgehead atoms. The molecule has 32 heavy (non-hydrogen) atoms. The van der Waals surface area contributed by atoms with Gasteiger partial charge in [0, 0.05) is 0 Å². The molecule has 0 radical (unpaired) electrons. The molecule has 4 aromatic rings. The first-order chi connectivity index (χ1) is 15.9. The van der Waals surface area contributed by atoms with Crippen LogP contribution in [-0.2, 0) is 26.1 Å². The second kappa shape index (κ2) is 11.6. The van der Waals surface area contributed by atoms with Gasteiger partial charge in [-0.25, -0.2) is 0 Å². The van der Waals surface area contributed by atoms with Crippen LogP contribution in [0.4, 0.5) is 0 Å². The predicted molar refractivity (Wildman–Crippen MR) is 131 cm³/mol. The van der Waals surface area contributed by atoms with Crippen molar-refractivity contribution in [2.75, 3.05) is 0 Å². The molecular formula is C30H28O2. The Balaban J connectivity index is 1.33. The number of ether oxygens (including phenoxy) is 2. The third kappa shape index (κ3) is 6.36. The molecule has 0 fully saturated rings. The van der Waals surface area contributed by atoms with Crippen LogP contribution in [-0.4, -0.2) is 0 Å². The maximum absolute atomic E-state index is 6.08. The predicted octanol–water partition coefficient (Wildman–Crippen LogP) is 7.19. The van der Waals surface area contributed by atoms with Gasteiger partial charge in [-0.15, -0.1) is 0 Å². The van der Waals surface area contributed by atoms with Crippen molar-refractivity contribution in [3.8, 4) is 11.5 Å². The molecule has 0 atom stereocenters. The number of rotatable bonds is 10. The van der Waals surface area contributed by atoms with Crippen LogP contribution in [0.3, 0.4) is 0 Å². The van der Waals surface area contributed by atoms with Crippen molar-refractivity contribution >= 4 is 0 Å². The lowest BCUT2D eigenvalue weighted by Gasteiger charge is -2.11. The van der Waals surface area contributed by atoms with Crippen LogP contribution >= 0.6 is 0 Å². The number of para-hydroxylation sites is 2. The summed E-state index contributed by atoms with van der Waals surface area (Å²) in [5.41, 5.74) is 4.72. The molecule has 2 nitrogen and oxygen atoms in total. The molecule has 0 spiro atoms. The highest BCUT2D eigenvalue weighted by Crippen LogP contribution is 2.22. The van der Waals surface area contributed by atoms with Gasteiger partial charge < -0.3 is 9.47 Å². The van der Waals surface area contributed by atoms with E-state index in [-0.39, 0.29) is 0 Å². The largest absolute Gasteiger partial charge is 0.489 e. The number of hydrogen-bond donors (Lipinski definition) is 0. The minimum atomic E-state index is 0.577. The lowest BCUT2D eigenvalue weighted by atomic mass is 10.1. The van der Waals surface area contributed by atoms with Crippen molar-refractivity contribution in [2.24, 2.45) is 0 Å². The van der Waals surface area contributed by atoms with E-state index in [9.17, 15) is 0 Å². The fourth-order valence-corrected chi connectivity index (χ4v) is 3.52. The molecule has 0 saturated carbocycles. The average Bonchev–Trinajstić information content (AvgIpc) is 2.86. The minimum absolute atomic E-state index is 0.577. The first-order valence-electron chi connectivity index (χ1n) is 11.0. The lowest BCUT2D eigenvalue weighted by molar-refractivity contribution is 0.303. The number of hydrogen-bond acceptors (Lipinski definition) is 2. The second-order valence-corrected chi connectivity index (χ2v) is 7.64. The third-order valence-corrected chi connectivity index (χ3v) is 5.26. The van der Waals surface area contributed by atoms with E-state index < -0.39 is 0 Å². The van der Waals surface area contributed by atoms with E-state index in [1.54, 1.807) is 0 Å². The SMILES string of the molecule is C(=C\Cc1ccccc1OCc1ccccc1)/Cc1ccccc1OCc1ccccc1. The molecule has 0 amide bonds. The van der Waals surface area contributed by atoms with Crippen LogP contribution in [0.5, 0.6) is 11.5 Å². The first kappa shape index (κ1) is 21.5. The van der Waals surface area contributed by atoms with E-state index in [1.807, 2.05) is 60.7 Å². The average molecular weight is 421 g/mol. The van der Waals surface area contributed by atoms with Gasteiger partial charge in [0.1, 0.15) is 24.7 Å². The summed E-state index contributed by atoms with van der Waals surface area (Å²) >= 11 is 0. The van der Waals surface area contributed by atoms with Gasteiger partial charge in [-0.2, -0.15) is 0 Å². The standard InChI is InChI=1S/C30H28O2/c1-3-13-25(14-4-1)23-31-29-21-11-9-19-27(29)17-7-8-18-28-20-10-12-22-30(28)32-24-26-15-5-2-6-16-26/h1-16,19-22H,17-18,23-24H2/b8-7+. The minimum Gasteiger partial charge on any atom is -0.489 e. The normalized spacial score (nSPS) is 10.9. The molecule has 0 aromatic heterocycles. The molecule has 0 aliphatic carbocycles. The van der Waals surface area contributed by atoms with Crippen LogP contribution in [0, 0.1) is 0 Å². The highest BCUT2D eigenvalue weighted by molar-refractivity contribution is 5.37. The maximum Gasteiger partial charge on any atom is 0.123 e. The zero-order valence-electron chi connectivity index (χ0n) is 18.2. The smallest absolute Gasteiger partial charge is 0.123 e. The van der Waals surface area contributed by atoms with E-state index in [1.165, 1.54) is 22.3 Å². The van der Waals surface area contributed by atoms with Crippen LogP contribution in [0.25, 0.3) is 0 Å². The van der Waals surface area contributed by atoms with Crippen LogP contribution in [0.2, 0.25) is 0 Å². The maximum atomic E-state index is 6.08. The van der Waals surface area contributed by atoms with Gasteiger partial charge >= 0.3 is 0 Å². The molecule has 0 saturated heterocycles. The Bertz CT molecular complexity index is 1030. The molecular weight excluding hydrogens is 392 g/mol. The van der Waals surface area contributed by atoms with Crippen molar-refractivity contribution < 1.29 is 9.47 Å². The molecule has 0 aliphatic heterocycles. The number of benzene rings is 4. The van der Waals surface area contributed by atoms with E-state index in [0.29, 0.717) is 13.2 Å². The van der Waals surface area contributed by atoms with Gasteiger partial charge in [-0.05, 0) is 47.2 Å². The molecule has 0 N–H and O–H groups in total. The quantitative estimate of drug-likeness (QED) is 0.253. The topological polar surface area (TPSA) is 18.5 Å². The van der Waals surface area contributed by atoms with Crippen molar-refractivity contribution in [2.45, 2.75) is 26.1 Å². The van der Waals surface area contributed by atoms with Gasteiger partial charge in [-0.3, -0.25) is 0 Å². The van der Waals surface area contributed by atoms with E-state index in [2.05, 4.69) is 60.7 Å². The number of allylic oxidation sites excluding steroid dienone is 2. The summed E-state index contributed by atoms with van der Waals surface area (Å²) in [5.74, 6) is 1.88.